The van der Waals surface area contributed by atoms with E-state index in [4.69, 9.17) is 9.47 Å². The number of unbranched alkanes of at least 4 members (excludes halogenated alkanes) is 1. The van der Waals surface area contributed by atoms with E-state index in [-0.39, 0.29) is 5.97 Å². The molecule has 0 fully saturated rings. The number of ether oxygens (including phenoxy) is 2. The summed E-state index contributed by atoms with van der Waals surface area (Å²) in [4.78, 5) is 12.1. The number of rotatable bonds is 7. The molecule has 0 aliphatic carbocycles. The van der Waals surface area contributed by atoms with Crippen LogP contribution in [0.2, 0.25) is 0 Å². The van der Waals surface area contributed by atoms with Crippen LogP contribution in [0.5, 0.6) is 11.5 Å². The third-order valence-corrected chi connectivity index (χ3v) is 3.39. The molecule has 2 rings (SSSR count). The van der Waals surface area contributed by atoms with E-state index in [1.54, 1.807) is 6.07 Å². The monoisotopic (exact) mass is 298 g/mol. The van der Waals surface area contributed by atoms with Crippen molar-refractivity contribution in [3.8, 4) is 11.5 Å². The second-order valence-electron chi connectivity index (χ2n) is 5.08. The molecule has 0 bridgehead atoms. The van der Waals surface area contributed by atoms with E-state index in [1.807, 2.05) is 49.4 Å². The Hall–Kier alpha value is -2.29. The largest absolute Gasteiger partial charge is 0.462 e. The van der Waals surface area contributed by atoms with Crippen LogP contribution in [-0.4, -0.2) is 12.6 Å². The van der Waals surface area contributed by atoms with Gasteiger partial charge in [0.15, 0.2) is 0 Å². The quantitative estimate of drug-likeness (QED) is 0.533. The first kappa shape index (κ1) is 16.1. The van der Waals surface area contributed by atoms with Gasteiger partial charge in [-0.25, -0.2) is 4.79 Å². The fourth-order valence-corrected chi connectivity index (χ4v) is 2.14. The molecule has 3 nitrogen and oxygen atoms in total. The summed E-state index contributed by atoms with van der Waals surface area (Å²) in [6.45, 7) is 4.56. The summed E-state index contributed by atoms with van der Waals surface area (Å²) in [6, 6.07) is 15.1. The molecular weight excluding hydrogens is 276 g/mol. The Morgan fingerprint density at radius 3 is 2.45 bits per heavy atom. The van der Waals surface area contributed by atoms with Gasteiger partial charge < -0.3 is 9.47 Å². The smallest absolute Gasteiger partial charge is 0.338 e. The molecule has 0 spiro atoms. The van der Waals surface area contributed by atoms with E-state index in [0.29, 0.717) is 12.2 Å². The van der Waals surface area contributed by atoms with Crippen molar-refractivity contribution in [1.82, 2.24) is 0 Å². The Labute approximate surface area is 131 Å². The SMILES string of the molecule is CCCCOC(=O)c1ccc(Oc2ccccc2)cc1CC. The molecule has 3 heteroatoms. The number of carbonyl (C=O) groups excluding carboxylic acids is 1. The zero-order valence-corrected chi connectivity index (χ0v) is 13.2. The maximum Gasteiger partial charge on any atom is 0.338 e. The highest BCUT2D eigenvalue weighted by Gasteiger charge is 2.13. The Morgan fingerprint density at radius 2 is 1.77 bits per heavy atom. The minimum atomic E-state index is -0.253. The molecule has 0 aromatic heterocycles. The zero-order valence-electron chi connectivity index (χ0n) is 13.2. The molecule has 116 valence electrons. The zero-order chi connectivity index (χ0) is 15.8. The molecular formula is C19H22O3. The Kier molecular flexibility index (Phi) is 6.01. The molecule has 0 atom stereocenters. The lowest BCUT2D eigenvalue weighted by Crippen LogP contribution is -2.09. The minimum Gasteiger partial charge on any atom is -0.462 e. The average Bonchev–Trinajstić information content (AvgIpc) is 2.55. The van der Waals surface area contributed by atoms with Crippen LogP contribution in [-0.2, 0) is 11.2 Å². The molecule has 22 heavy (non-hydrogen) atoms. The van der Waals surface area contributed by atoms with E-state index in [9.17, 15) is 4.79 Å². The number of carbonyl (C=O) groups is 1. The van der Waals surface area contributed by atoms with Crippen LogP contribution in [0.3, 0.4) is 0 Å². The molecule has 2 aromatic carbocycles. The molecule has 0 saturated heterocycles. The fraction of sp³-hybridized carbons (Fsp3) is 0.316. The predicted molar refractivity (Wildman–Crippen MR) is 87.5 cm³/mol. The van der Waals surface area contributed by atoms with Crippen LogP contribution in [0.1, 0.15) is 42.6 Å². The van der Waals surface area contributed by atoms with Gasteiger partial charge in [0.1, 0.15) is 11.5 Å². The van der Waals surface area contributed by atoms with Crippen LogP contribution in [0.25, 0.3) is 0 Å². The van der Waals surface area contributed by atoms with Gasteiger partial charge in [0.05, 0.1) is 12.2 Å². The average molecular weight is 298 g/mol. The first-order chi connectivity index (χ1) is 10.7. The van der Waals surface area contributed by atoms with Gasteiger partial charge in [-0.05, 0) is 48.7 Å². The highest BCUT2D eigenvalue weighted by atomic mass is 16.5. The summed E-state index contributed by atoms with van der Waals surface area (Å²) in [5.74, 6) is 1.26. The Balaban J connectivity index is 2.12. The van der Waals surface area contributed by atoms with Crippen molar-refractivity contribution in [2.24, 2.45) is 0 Å². The Morgan fingerprint density at radius 1 is 1.00 bits per heavy atom. The van der Waals surface area contributed by atoms with Gasteiger partial charge in [0, 0.05) is 0 Å². The van der Waals surface area contributed by atoms with Crippen molar-refractivity contribution in [2.75, 3.05) is 6.61 Å². The first-order valence-electron chi connectivity index (χ1n) is 7.77. The highest BCUT2D eigenvalue weighted by molar-refractivity contribution is 5.91. The lowest BCUT2D eigenvalue weighted by atomic mass is 10.0. The summed E-state index contributed by atoms with van der Waals surface area (Å²) in [6.07, 6.45) is 2.66. The van der Waals surface area contributed by atoms with Gasteiger partial charge in [-0.15, -0.1) is 0 Å². The first-order valence-corrected chi connectivity index (χ1v) is 7.77. The number of hydrogen-bond donors (Lipinski definition) is 0. The van der Waals surface area contributed by atoms with Gasteiger partial charge in [-0.1, -0.05) is 38.5 Å². The molecule has 0 aliphatic heterocycles. The van der Waals surface area contributed by atoms with Crippen molar-refractivity contribution >= 4 is 5.97 Å². The van der Waals surface area contributed by atoms with E-state index in [2.05, 4.69) is 6.92 Å². The molecule has 0 aliphatic rings. The lowest BCUT2D eigenvalue weighted by molar-refractivity contribution is 0.0498. The van der Waals surface area contributed by atoms with Gasteiger partial charge in [-0.2, -0.15) is 0 Å². The summed E-state index contributed by atoms with van der Waals surface area (Å²) in [7, 11) is 0. The normalized spacial score (nSPS) is 10.3. The topological polar surface area (TPSA) is 35.5 Å². The van der Waals surface area contributed by atoms with Crippen molar-refractivity contribution in [1.29, 1.82) is 0 Å². The molecule has 0 amide bonds. The summed E-state index contributed by atoms with van der Waals surface area (Å²) in [5.41, 5.74) is 1.56. The number of esters is 1. The standard InChI is InChI=1S/C19H22O3/c1-3-5-13-21-19(20)18-12-11-17(14-15(18)4-2)22-16-9-7-6-8-10-16/h6-12,14H,3-5,13H2,1-2H3. The van der Waals surface area contributed by atoms with E-state index >= 15 is 0 Å². The third-order valence-electron chi connectivity index (χ3n) is 3.39. The van der Waals surface area contributed by atoms with E-state index < -0.39 is 0 Å². The molecule has 0 heterocycles. The second kappa shape index (κ2) is 8.23. The minimum absolute atomic E-state index is 0.253. The van der Waals surface area contributed by atoms with Gasteiger partial charge in [0.25, 0.3) is 0 Å². The van der Waals surface area contributed by atoms with Gasteiger partial charge >= 0.3 is 5.97 Å². The van der Waals surface area contributed by atoms with Gasteiger partial charge in [-0.3, -0.25) is 0 Å². The van der Waals surface area contributed by atoms with Crippen LogP contribution in [0.4, 0.5) is 0 Å². The van der Waals surface area contributed by atoms with Gasteiger partial charge in [0.2, 0.25) is 0 Å². The molecule has 0 radical (unpaired) electrons. The van der Waals surface area contributed by atoms with Crippen LogP contribution < -0.4 is 4.74 Å². The van der Waals surface area contributed by atoms with Crippen LogP contribution >= 0.6 is 0 Å². The van der Waals surface area contributed by atoms with Crippen molar-refractivity contribution < 1.29 is 14.3 Å². The number of hydrogen-bond acceptors (Lipinski definition) is 3. The van der Waals surface area contributed by atoms with Crippen molar-refractivity contribution in [2.45, 2.75) is 33.1 Å². The Bertz CT molecular complexity index is 605. The predicted octanol–water partition coefficient (Wildman–Crippen LogP) is 5.00. The summed E-state index contributed by atoms with van der Waals surface area (Å²) in [5, 5.41) is 0. The summed E-state index contributed by atoms with van der Waals surface area (Å²) >= 11 is 0. The third kappa shape index (κ3) is 4.35. The van der Waals surface area contributed by atoms with Crippen LogP contribution in [0.15, 0.2) is 48.5 Å². The second-order valence-corrected chi connectivity index (χ2v) is 5.08. The number of benzene rings is 2. The van der Waals surface area contributed by atoms with E-state index in [1.165, 1.54) is 0 Å². The molecule has 0 saturated carbocycles. The molecule has 2 aromatic rings. The number of aryl methyl sites for hydroxylation is 1. The maximum absolute atomic E-state index is 12.1. The summed E-state index contributed by atoms with van der Waals surface area (Å²) < 4.78 is 11.1. The highest BCUT2D eigenvalue weighted by Crippen LogP contribution is 2.24. The lowest BCUT2D eigenvalue weighted by Gasteiger charge is -2.11. The van der Waals surface area contributed by atoms with Crippen molar-refractivity contribution in [3.63, 3.8) is 0 Å². The fourth-order valence-electron chi connectivity index (χ4n) is 2.14. The maximum atomic E-state index is 12.1. The number of para-hydroxylation sites is 1. The molecule has 0 unspecified atom stereocenters. The van der Waals surface area contributed by atoms with Crippen molar-refractivity contribution in [3.05, 3.63) is 59.7 Å². The van der Waals surface area contributed by atoms with Crippen LogP contribution in [0, 0.1) is 0 Å². The van der Waals surface area contributed by atoms with E-state index in [0.717, 1.165) is 36.3 Å². The molecule has 0 N–H and O–H groups in total.